The molecule has 0 atom stereocenters. The van der Waals surface area contributed by atoms with E-state index in [1.54, 1.807) is 0 Å². The van der Waals surface area contributed by atoms with Gasteiger partial charge in [-0.1, -0.05) is 164 Å². The Kier molecular flexibility index (Phi) is 8.19. The molecule has 2 nitrogen and oxygen atoms in total. The summed E-state index contributed by atoms with van der Waals surface area (Å²) in [6.07, 6.45) is 0. The van der Waals surface area contributed by atoms with Gasteiger partial charge in [0.25, 0.3) is 0 Å². The van der Waals surface area contributed by atoms with Crippen molar-refractivity contribution in [3.63, 3.8) is 0 Å². The maximum atomic E-state index is 6.21. The highest BCUT2D eigenvalue weighted by Crippen LogP contribution is 2.40. The number of hydrogen-bond donors (Lipinski definition) is 0. The molecule has 11 rings (SSSR count). The number of benzene rings is 10. The van der Waals surface area contributed by atoms with Crippen molar-refractivity contribution in [3.05, 3.63) is 224 Å². The Morgan fingerprint density at radius 2 is 0.759 bits per heavy atom. The molecule has 0 amide bonds. The van der Waals surface area contributed by atoms with Crippen LogP contribution in [0.2, 0.25) is 0 Å². The second-order valence-corrected chi connectivity index (χ2v) is 15.0. The van der Waals surface area contributed by atoms with Crippen molar-refractivity contribution in [2.45, 2.75) is 0 Å². The minimum Gasteiger partial charge on any atom is -0.456 e. The summed E-state index contributed by atoms with van der Waals surface area (Å²) in [7, 11) is 0. The van der Waals surface area contributed by atoms with Crippen LogP contribution in [0, 0.1) is 0 Å². The van der Waals surface area contributed by atoms with Crippen LogP contribution in [-0.4, -0.2) is 0 Å². The van der Waals surface area contributed by atoms with Gasteiger partial charge in [-0.25, -0.2) is 0 Å². The molecule has 0 saturated heterocycles. The van der Waals surface area contributed by atoms with Gasteiger partial charge >= 0.3 is 0 Å². The number of rotatable bonds is 7. The van der Waals surface area contributed by atoms with Crippen molar-refractivity contribution >= 4 is 60.3 Å². The van der Waals surface area contributed by atoms with Gasteiger partial charge in [-0.3, -0.25) is 0 Å². The molecule has 0 fully saturated rings. The zero-order valence-electron chi connectivity index (χ0n) is 31.7. The molecule has 0 N–H and O–H groups in total. The lowest BCUT2D eigenvalue weighted by atomic mass is 9.97. The average Bonchev–Trinajstić information content (AvgIpc) is 3.74. The van der Waals surface area contributed by atoms with E-state index in [1.807, 2.05) is 18.2 Å². The highest BCUT2D eigenvalue weighted by atomic mass is 16.3. The third-order valence-corrected chi connectivity index (χ3v) is 11.4. The predicted molar refractivity (Wildman–Crippen MR) is 245 cm³/mol. The fraction of sp³-hybridized carbons (Fsp3) is 0. The molecule has 1 heterocycles. The van der Waals surface area contributed by atoms with Crippen LogP contribution in [-0.2, 0) is 0 Å². The van der Waals surface area contributed by atoms with Gasteiger partial charge in [0.15, 0.2) is 0 Å². The Balaban J connectivity index is 0.973. The van der Waals surface area contributed by atoms with E-state index in [0.717, 1.165) is 44.9 Å². The number of furan rings is 1. The van der Waals surface area contributed by atoms with Crippen LogP contribution < -0.4 is 4.90 Å². The molecular weight excluding hydrogens is 703 g/mol. The molecule has 0 aliphatic carbocycles. The molecule has 0 saturated carbocycles. The number of fused-ring (bicyclic) bond motifs is 4. The molecule has 272 valence electrons. The van der Waals surface area contributed by atoms with Crippen LogP contribution in [0.3, 0.4) is 0 Å². The highest BCUT2D eigenvalue weighted by molar-refractivity contribution is 5.99. The largest absolute Gasteiger partial charge is 0.456 e. The summed E-state index contributed by atoms with van der Waals surface area (Å²) in [4.78, 5) is 2.37. The maximum Gasteiger partial charge on any atom is 0.135 e. The van der Waals surface area contributed by atoms with Gasteiger partial charge in [-0.2, -0.15) is 0 Å². The highest BCUT2D eigenvalue weighted by Gasteiger charge is 2.16. The average molecular weight is 740 g/mol. The van der Waals surface area contributed by atoms with E-state index in [1.165, 1.54) is 60.1 Å². The molecule has 0 spiro atoms. The van der Waals surface area contributed by atoms with E-state index in [4.69, 9.17) is 4.42 Å². The third-order valence-electron chi connectivity index (χ3n) is 11.4. The van der Waals surface area contributed by atoms with Crippen molar-refractivity contribution in [2.24, 2.45) is 0 Å². The maximum absolute atomic E-state index is 6.21. The second kappa shape index (κ2) is 14.1. The second-order valence-electron chi connectivity index (χ2n) is 15.0. The van der Waals surface area contributed by atoms with Crippen LogP contribution in [0.15, 0.2) is 229 Å². The molecule has 58 heavy (non-hydrogen) atoms. The summed E-state index contributed by atoms with van der Waals surface area (Å²) >= 11 is 0. The van der Waals surface area contributed by atoms with Gasteiger partial charge in [0, 0.05) is 28.0 Å². The molecule has 2 heteroatoms. The lowest BCUT2D eigenvalue weighted by Crippen LogP contribution is -2.09. The molecule has 0 unspecified atom stereocenters. The molecule has 0 aliphatic heterocycles. The molecule has 0 bridgehead atoms. The van der Waals surface area contributed by atoms with Crippen molar-refractivity contribution in [3.8, 4) is 44.7 Å². The fourth-order valence-corrected chi connectivity index (χ4v) is 8.51. The summed E-state index contributed by atoms with van der Waals surface area (Å²) < 4.78 is 6.21. The van der Waals surface area contributed by atoms with Gasteiger partial charge in [0.2, 0.25) is 0 Å². The first-order valence-corrected chi connectivity index (χ1v) is 19.8. The Bertz CT molecular complexity index is 3120. The van der Waals surface area contributed by atoms with Gasteiger partial charge in [-0.15, -0.1) is 0 Å². The van der Waals surface area contributed by atoms with Gasteiger partial charge < -0.3 is 9.32 Å². The lowest BCUT2D eigenvalue weighted by molar-refractivity contribution is 0.631. The third kappa shape index (κ3) is 6.09. The van der Waals surface area contributed by atoms with Crippen LogP contribution >= 0.6 is 0 Å². The smallest absolute Gasteiger partial charge is 0.135 e. The van der Waals surface area contributed by atoms with E-state index < -0.39 is 0 Å². The fourth-order valence-electron chi connectivity index (χ4n) is 8.51. The predicted octanol–water partition coefficient (Wildman–Crippen LogP) is 16.0. The first kappa shape index (κ1) is 33.6. The SMILES string of the molecule is c1cc(-c2ccc3cc(N(c4ccc(-c5cccc6ccccc56)cc4)c4ccc(-c5cccc6ccccc56)cc4)ccc3c2)cc(-c2cc3ccccc3o2)c1. The topological polar surface area (TPSA) is 16.4 Å². The molecular formula is C56H37NO. The van der Waals surface area contributed by atoms with E-state index in [2.05, 4.69) is 211 Å². The van der Waals surface area contributed by atoms with Crippen molar-refractivity contribution in [1.29, 1.82) is 0 Å². The Morgan fingerprint density at radius 1 is 0.276 bits per heavy atom. The van der Waals surface area contributed by atoms with E-state index in [0.29, 0.717) is 0 Å². The summed E-state index contributed by atoms with van der Waals surface area (Å²) in [6.45, 7) is 0. The lowest BCUT2D eigenvalue weighted by Gasteiger charge is -2.26. The van der Waals surface area contributed by atoms with E-state index in [9.17, 15) is 0 Å². The Labute approximate surface area is 337 Å². The summed E-state index contributed by atoms with van der Waals surface area (Å²) in [5.74, 6) is 0.879. The van der Waals surface area contributed by atoms with E-state index >= 15 is 0 Å². The number of hydrogen-bond acceptors (Lipinski definition) is 2. The molecule has 11 aromatic rings. The quantitative estimate of drug-likeness (QED) is 0.162. The van der Waals surface area contributed by atoms with Crippen LogP contribution in [0.5, 0.6) is 0 Å². The van der Waals surface area contributed by atoms with E-state index in [-0.39, 0.29) is 0 Å². The minimum atomic E-state index is 0.879. The molecule has 0 radical (unpaired) electrons. The monoisotopic (exact) mass is 739 g/mol. The van der Waals surface area contributed by atoms with Crippen molar-refractivity contribution < 1.29 is 4.42 Å². The van der Waals surface area contributed by atoms with Crippen molar-refractivity contribution in [1.82, 2.24) is 0 Å². The molecule has 10 aromatic carbocycles. The van der Waals surface area contributed by atoms with Gasteiger partial charge in [0.05, 0.1) is 0 Å². The Hall–Kier alpha value is -7.68. The van der Waals surface area contributed by atoms with Crippen LogP contribution in [0.1, 0.15) is 0 Å². The summed E-state index contributed by atoms with van der Waals surface area (Å²) in [6, 6.07) is 80.8. The minimum absolute atomic E-state index is 0.879. The first-order valence-electron chi connectivity index (χ1n) is 19.8. The van der Waals surface area contributed by atoms with Gasteiger partial charge in [-0.05, 0) is 126 Å². The standard InChI is InChI=1S/C56H37NO/c1-4-17-51-38(10-1)13-8-19-53(51)40-24-29-48(30-25-40)57(49-31-26-41(27-32-49)54-20-9-14-39-11-2-5-18-52(39)54)50-33-28-44-34-43(22-23-45(44)36-50)42-15-7-16-46(35-42)56-37-47-12-3-6-21-55(47)58-56/h1-37H. The number of para-hydroxylation sites is 1. The normalized spacial score (nSPS) is 11.4. The van der Waals surface area contributed by atoms with Gasteiger partial charge in [0.1, 0.15) is 11.3 Å². The number of anilines is 3. The summed E-state index contributed by atoms with van der Waals surface area (Å²) in [5, 5.41) is 8.49. The number of nitrogens with zero attached hydrogens (tertiary/aromatic N) is 1. The van der Waals surface area contributed by atoms with Crippen molar-refractivity contribution in [2.75, 3.05) is 4.90 Å². The zero-order chi connectivity index (χ0) is 38.4. The molecule has 0 aliphatic rings. The summed E-state index contributed by atoms with van der Waals surface area (Å²) in [5.41, 5.74) is 12.5. The first-order chi connectivity index (χ1) is 28.7. The van der Waals surface area contributed by atoms with Crippen LogP contribution in [0.4, 0.5) is 17.1 Å². The van der Waals surface area contributed by atoms with Crippen LogP contribution in [0.25, 0.3) is 88.0 Å². The molecule has 1 aromatic heterocycles. The Morgan fingerprint density at radius 3 is 1.41 bits per heavy atom. The zero-order valence-corrected chi connectivity index (χ0v) is 31.7.